The number of halogens is 2. The minimum Gasteiger partial charge on any atom is -0.392 e. The summed E-state index contributed by atoms with van der Waals surface area (Å²) >= 11 is 0. The molecule has 0 radical (unpaired) electrons. The summed E-state index contributed by atoms with van der Waals surface area (Å²) in [7, 11) is 0. The lowest BCUT2D eigenvalue weighted by Crippen LogP contribution is -2.47. The van der Waals surface area contributed by atoms with E-state index in [1.54, 1.807) is 10.5 Å². The lowest BCUT2D eigenvalue weighted by Gasteiger charge is -2.42. The molecule has 1 atom stereocenters. The highest BCUT2D eigenvalue weighted by Gasteiger charge is 2.41. The third kappa shape index (κ3) is 5.34. The number of aliphatic hydroxyl groups excluding tert-OH is 1. The normalized spacial score (nSPS) is 21.5. The number of piperidine rings is 2. The first-order valence-corrected chi connectivity index (χ1v) is 12.8. The number of aryl methyl sites for hydroxylation is 1. The number of β-amino-alcohol motifs (C(OH)–C–C–N with tert-alkyl or cyclic N) is 1. The van der Waals surface area contributed by atoms with E-state index in [0.29, 0.717) is 30.6 Å². The number of fused-ring (bicyclic) bond motifs is 2. The maximum atomic E-state index is 13.3. The Bertz CT molecular complexity index is 1070. The van der Waals surface area contributed by atoms with Gasteiger partial charge in [0.2, 0.25) is 5.91 Å². The van der Waals surface area contributed by atoms with Crippen molar-refractivity contribution >= 4 is 12.0 Å². The summed E-state index contributed by atoms with van der Waals surface area (Å²) in [6.45, 7) is 3.91. The molecule has 0 saturated carbocycles. The van der Waals surface area contributed by atoms with Crippen LogP contribution in [-0.2, 0) is 16.6 Å². The Balaban J connectivity index is 1.08. The van der Waals surface area contributed by atoms with Crippen molar-refractivity contribution in [1.29, 1.82) is 0 Å². The molecule has 1 spiro atoms. The first-order chi connectivity index (χ1) is 16.9. The summed E-state index contributed by atoms with van der Waals surface area (Å²) in [4.78, 5) is 16.7. The maximum Gasteiger partial charge on any atom is 0.246 e. The number of likely N-dealkylation sites (tertiary alicyclic amines) is 2. The number of benzene rings is 2. The molecule has 35 heavy (non-hydrogen) atoms. The highest BCUT2D eigenvalue weighted by Crippen LogP contribution is 2.46. The van der Waals surface area contributed by atoms with Gasteiger partial charge in [-0.25, -0.2) is 8.78 Å². The molecule has 2 saturated heterocycles. The molecule has 2 aliphatic heterocycles. The summed E-state index contributed by atoms with van der Waals surface area (Å²) < 4.78 is 26.7. The molecule has 1 unspecified atom stereocenters. The first kappa shape index (κ1) is 24.1. The number of nitrogens with zero attached hydrogens (tertiary/aromatic N) is 2. The molecule has 1 amide bonds. The standard InChI is InChI=1S/C29H34F2N2O2/c30-24-17-21(18-25(31)19-24)5-6-28(35)33-13-8-23(9-14-33)27(34)20-32-15-11-29(12-16-32)10-7-22-3-1-2-4-26(22)29/h1-6,17-19,23,27,34H,7-16,20H2. The lowest BCUT2D eigenvalue weighted by molar-refractivity contribution is -0.128. The van der Waals surface area contributed by atoms with E-state index in [1.165, 1.54) is 42.7 Å². The van der Waals surface area contributed by atoms with Gasteiger partial charge >= 0.3 is 0 Å². The predicted molar refractivity (Wildman–Crippen MR) is 133 cm³/mol. The fourth-order valence-corrected chi connectivity index (χ4v) is 6.31. The van der Waals surface area contributed by atoms with Crippen LogP contribution in [0.25, 0.3) is 6.08 Å². The molecule has 186 valence electrons. The molecule has 1 N–H and O–H groups in total. The summed E-state index contributed by atoms with van der Waals surface area (Å²) in [5.41, 5.74) is 3.72. The molecular formula is C29H34F2N2O2. The van der Waals surface area contributed by atoms with Gasteiger partial charge in [0.15, 0.2) is 0 Å². The van der Waals surface area contributed by atoms with Crippen molar-refractivity contribution in [3.05, 3.63) is 76.9 Å². The molecule has 2 aromatic carbocycles. The van der Waals surface area contributed by atoms with Gasteiger partial charge in [-0.1, -0.05) is 24.3 Å². The Morgan fingerprint density at radius 3 is 2.43 bits per heavy atom. The molecule has 4 nitrogen and oxygen atoms in total. The second kappa shape index (κ2) is 10.2. The molecule has 2 fully saturated rings. The predicted octanol–water partition coefficient (Wildman–Crippen LogP) is 4.56. The van der Waals surface area contributed by atoms with Crippen LogP contribution in [0.15, 0.2) is 48.5 Å². The lowest BCUT2D eigenvalue weighted by atomic mass is 9.73. The molecule has 0 bridgehead atoms. The summed E-state index contributed by atoms with van der Waals surface area (Å²) in [6.07, 6.45) is 8.71. The minimum absolute atomic E-state index is 0.166. The van der Waals surface area contributed by atoms with E-state index in [4.69, 9.17) is 0 Å². The van der Waals surface area contributed by atoms with Crippen molar-refractivity contribution in [3.63, 3.8) is 0 Å². The Labute approximate surface area is 206 Å². The van der Waals surface area contributed by atoms with Gasteiger partial charge in [0.25, 0.3) is 0 Å². The number of amides is 1. The van der Waals surface area contributed by atoms with Gasteiger partial charge in [0.1, 0.15) is 11.6 Å². The van der Waals surface area contributed by atoms with Crippen LogP contribution >= 0.6 is 0 Å². The van der Waals surface area contributed by atoms with Crippen LogP contribution in [0.2, 0.25) is 0 Å². The smallest absolute Gasteiger partial charge is 0.246 e. The summed E-state index contributed by atoms with van der Waals surface area (Å²) in [5, 5.41) is 10.9. The summed E-state index contributed by atoms with van der Waals surface area (Å²) in [6, 6.07) is 12.1. The quantitative estimate of drug-likeness (QED) is 0.639. The Morgan fingerprint density at radius 2 is 1.71 bits per heavy atom. The van der Waals surface area contributed by atoms with Crippen LogP contribution in [0.5, 0.6) is 0 Å². The van der Waals surface area contributed by atoms with Crippen LogP contribution in [0.1, 0.15) is 48.8 Å². The SMILES string of the molecule is O=C(C=Cc1cc(F)cc(F)c1)N1CCC(C(O)CN2CCC3(CCc4ccccc43)CC2)CC1. The van der Waals surface area contributed by atoms with Crippen molar-refractivity contribution in [2.24, 2.45) is 5.92 Å². The van der Waals surface area contributed by atoms with Crippen LogP contribution in [-0.4, -0.2) is 59.6 Å². The zero-order chi connectivity index (χ0) is 24.4. The van der Waals surface area contributed by atoms with E-state index in [2.05, 4.69) is 29.2 Å². The number of rotatable bonds is 5. The zero-order valence-corrected chi connectivity index (χ0v) is 20.1. The molecule has 2 aromatic rings. The zero-order valence-electron chi connectivity index (χ0n) is 20.1. The first-order valence-electron chi connectivity index (χ1n) is 12.8. The Hall–Kier alpha value is -2.57. The minimum atomic E-state index is -0.663. The van der Waals surface area contributed by atoms with Crippen molar-refractivity contribution in [3.8, 4) is 0 Å². The third-order valence-corrected chi connectivity index (χ3v) is 8.42. The van der Waals surface area contributed by atoms with E-state index in [0.717, 1.165) is 44.8 Å². The van der Waals surface area contributed by atoms with Crippen LogP contribution < -0.4 is 0 Å². The van der Waals surface area contributed by atoms with Gasteiger partial charge in [-0.3, -0.25) is 4.79 Å². The summed E-state index contributed by atoms with van der Waals surface area (Å²) in [5.74, 6) is -1.31. The van der Waals surface area contributed by atoms with Crippen LogP contribution in [0, 0.1) is 17.6 Å². The van der Waals surface area contributed by atoms with Gasteiger partial charge in [0, 0.05) is 31.8 Å². The number of aliphatic hydroxyl groups is 1. The molecular weight excluding hydrogens is 446 g/mol. The largest absolute Gasteiger partial charge is 0.392 e. The number of carbonyl (C=O) groups excluding carboxylic acids is 1. The van der Waals surface area contributed by atoms with E-state index in [9.17, 15) is 18.7 Å². The highest BCUT2D eigenvalue weighted by molar-refractivity contribution is 5.91. The van der Waals surface area contributed by atoms with Gasteiger partial charge in [-0.15, -0.1) is 0 Å². The van der Waals surface area contributed by atoms with Crippen LogP contribution in [0.3, 0.4) is 0 Å². The van der Waals surface area contributed by atoms with Gasteiger partial charge < -0.3 is 14.9 Å². The number of hydrogen-bond acceptors (Lipinski definition) is 3. The van der Waals surface area contributed by atoms with Gasteiger partial charge in [-0.05, 0) is 97.8 Å². The average Bonchev–Trinajstić information content (AvgIpc) is 3.22. The topological polar surface area (TPSA) is 43.8 Å². The van der Waals surface area contributed by atoms with Crippen molar-refractivity contribution < 1.29 is 18.7 Å². The third-order valence-electron chi connectivity index (χ3n) is 8.42. The van der Waals surface area contributed by atoms with Crippen molar-refractivity contribution in [1.82, 2.24) is 9.80 Å². The number of carbonyl (C=O) groups is 1. The molecule has 1 aliphatic carbocycles. The average molecular weight is 481 g/mol. The highest BCUT2D eigenvalue weighted by atomic mass is 19.1. The Morgan fingerprint density at radius 1 is 1.03 bits per heavy atom. The van der Waals surface area contributed by atoms with Gasteiger partial charge in [0.05, 0.1) is 6.10 Å². The molecule has 3 aliphatic rings. The van der Waals surface area contributed by atoms with Crippen molar-refractivity contribution in [2.75, 3.05) is 32.7 Å². The van der Waals surface area contributed by atoms with E-state index in [-0.39, 0.29) is 17.9 Å². The van der Waals surface area contributed by atoms with Crippen LogP contribution in [0.4, 0.5) is 8.78 Å². The van der Waals surface area contributed by atoms with E-state index >= 15 is 0 Å². The number of hydrogen-bond donors (Lipinski definition) is 1. The molecule has 2 heterocycles. The Kier molecular flexibility index (Phi) is 7.03. The monoisotopic (exact) mass is 480 g/mol. The second-order valence-electron chi connectivity index (χ2n) is 10.5. The van der Waals surface area contributed by atoms with E-state index in [1.807, 2.05) is 0 Å². The van der Waals surface area contributed by atoms with Gasteiger partial charge in [-0.2, -0.15) is 0 Å². The second-order valence-corrected chi connectivity index (χ2v) is 10.5. The maximum absolute atomic E-state index is 13.3. The molecule has 5 rings (SSSR count). The van der Waals surface area contributed by atoms with E-state index < -0.39 is 11.6 Å². The fraction of sp³-hybridized carbons (Fsp3) is 0.483. The fourth-order valence-electron chi connectivity index (χ4n) is 6.31. The molecule has 0 aromatic heterocycles. The van der Waals surface area contributed by atoms with Crippen molar-refractivity contribution in [2.45, 2.75) is 50.0 Å². The molecule has 6 heteroatoms.